The summed E-state index contributed by atoms with van der Waals surface area (Å²) in [6.45, 7) is 4.06. The number of hydrogen-bond donors (Lipinski definition) is 1. The van der Waals surface area contributed by atoms with Gasteiger partial charge in [-0.25, -0.2) is 8.42 Å². The third-order valence-electron chi connectivity index (χ3n) is 2.82. The molecule has 1 aromatic carbocycles. The quantitative estimate of drug-likeness (QED) is 0.827. The van der Waals surface area contributed by atoms with Crippen LogP contribution >= 0.6 is 0 Å². The summed E-state index contributed by atoms with van der Waals surface area (Å²) >= 11 is 0. The molecule has 1 rings (SSSR count). The Kier molecular flexibility index (Phi) is 5.82. The van der Waals surface area contributed by atoms with E-state index in [1.54, 1.807) is 0 Å². The molecular weight excluding hydrogens is 246 g/mol. The minimum atomic E-state index is -2.93. The Morgan fingerprint density at radius 1 is 1.22 bits per heavy atom. The van der Waals surface area contributed by atoms with E-state index in [4.69, 9.17) is 0 Å². The smallest absolute Gasteiger partial charge is 0.148 e. The highest BCUT2D eigenvalue weighted by molar-refractivity contribution is 7.90. The largest absolute Gasteiger partial charge is 0.306 e. The Hall–Kier alpha value is -0.870. The van der Waals surface area contributed by atoms with E-state index in [1.165, 1.54) is 11.8 Å². The minimum absolute atomic E-state index is 0.0308. The predicted molar refractivity (Wildman–Crippen MR) is 76.4 cm³/mol. The molecule has 2 atom stereocenters. The van der Waals surface area contributed by atoms with Gasteiger partial charge in [0.1, 0.15) is 9.84 Å². The summed E-state index contributed by atoms with van der Waals surface area (Å²) in [7, 11) is -2.93. The van der Waals surface area contributed by atoms with Gasteiger partial charge < -0.3 is 5.32 Å². The number of hydrogen-bond acceptors (Lipinski definition) is 3. The fraction of sp³-hybridized carbons (Fsp3) is 0.571. The van der Waals surface area contributed by atoms with Crippen LogP contribution in [0.2, 0.25) is 0 Å². The topological polar surface area (TPSA) is 46.2 Å². The van der Waals surface area contributed by atoms with Crippen LogP contribution in [0.25, 0.3) is 0 Å². The molecule has 0 aliphatic heterocycles. The van der Waals surface area contributed by atoms with Crippen LogP contribution in [-0.4, -0.2) is 26.5 Å². The summed E-state index contributed by atoms with van der Waals surface area (Å²) in [6, 6.07) is 10.4. The van der Waals surface area contributed by atoms with Gasteiger partial charge in [-0.15, -0.1) is 0 Å². The van der Waals surface area contributed by atoms with Gasteiger partial charge in [0.15, 0.2) is 0 Å². The summed E-state index contributed by atoms with van der Waals surface area (Å²) in [5, 5.41) is 3.41. The van der Waals surface area contributed by atoms with Gasteiger partial charge in [-0.1, -0.05) is 43.7 Å². The van der Waals surface area contributed by atoms with Crippen LogP contribution in [-0.2, 0) is 9.84 Å². The molecule has 0 fully saturated rings. The first kappa shape index (κ1) is 15.2. The average molecular weight is 269 g/mol. The van der Waals surface area contributed by atoms with E-state index >= 15 is 0 Å². The standard InChI is InChI=1S/C14H23NO2S/c1-4-8-14(13-9-6-5-7-10-13)15-12(2)11-18(3,16)17/h5-7,9-10,12,14-15H,4,8,11H2,1-3H3. The second kappa shape index (κ2) is 6.90. The molecular formula is C14H23NO2S. The molecule has 0 aliphatic rings. The summed E-state index contributed by atoms with van der Waals surface area (Å²) in [5.41, 5.74) is 1.22. The number of nitrogens with one attached hydrogen (secondary N) is 1. The van der Waals surface area contributed by atoms with Crippen LogP contribution in [0.4, 0.5) is 0 Å². The maximum absolute atomic E-state index is 11.3. The first-order chi connectivity index (χ1) is 8.42. The third-order valence-corrected chi connectivity index (χ3v) is 3.92. The fourth-order valence-corrected chi connectivity index (χ4v) is 3.17. The summed E-state index contributed by atoms with van der Waals surface area (Å²) in [4.78, 5) is 0. The maximum Gasteiger partial charge on any atom is 0.148 e. The van der Waals surface area contributed by atoms with Crippen molar-refractivity contribution in [1.82, 2.24) is 5.32 Å². The van der Waals surface area contributed by atoms with Gasteiger partial charge in [0.2, 0.25) is 0 Å². The first-order valence-electron chi connectivity index (χ1n) is 6.41. The summed E-state index contributed by atoms with van der Waals surface area (Å²) in [6.07, 6.45) is 3.36. The highest BCUT2D eigenvalue weighted by atomic mass is 32.2. The van der Waals surface area contributed by atoms with E-state index in [1.807, 2.05) is 25.1 Å². The van der Waals surface area contributed by atoms with E-state index in [0.717, 1.165) is 12.8 Å². The average Bonchev–Trinajstić information content (AvgIpc) is 2.27. The molecule has 0 radical (unpaired) electrons. The number of rotatable bonds is 7. The zero-order chi connectivity index (χ0) is 13.6. The molecule has 2 unspecified atom stereocenters. The van der Waals surface area contributed by atoms with Gasteiger partial charge in [-0.3, -0.25) is 0 Å². The van der Waals surface area contributed by atoms with Crippen molar-refractivity contribution in [3.8, 4) is 0 Å². The van der Waals surface area contributed by atoms with Gasteiger partial charge in [-0.2, -0.15) is 0 Å². The van der Waals surface area contributed by atoms with Gasteiger partial charge in [0, 0.05) is 18.3 Å². The van der Waals surface area contributed by atoms with Gasteiger partial charge >= 0.3 is 0 Å². The molecule has 0 heterocycles. The molecule has 102 valence electrons. The molecule has 1 aromatic rings. The molecule has 0 spiro atoms. The normalized spacial score (nSPS) is 15.3. The van der Waals surface area contributed by atoms with Crippen molar-refractivity contribution in [3.05, 3.63) is 35.9 Å². The van der Waals surface area contributed by atoms with E-state index in [2.05, 4.69) is 24.4 Å². The lowest BCUT2D eigenvalue weighted by Gasteiger charge is -2.23. The lowest BCUT2D eigenvalue weighted by molar-refractivity contribution is 0.447. The molecule has 0 saturated heterocycles. The highest BCUT2D eigenvalue weighted by Crippen LogP contribution is 2.18. The van der Waals surface area contributed by atoms with Crippen molar-refractivity contribution in [3.63, 3.8) is 0 Å². The Balaban J connectivity index is 2.69. The van der Waals surface area contributed by atoms with Crippen LogP contribution in [0.15, 0.2) is 30.3 Å². The second-order valence-electron chi connectivity index (χ2n) is 4.91. The lowest BCUT2D eigenvalue weighted by Crippen LogP contribution is -2.35. The zero-order valence-electron chi connectivity index (χ0n) is 11.4. The van der Waals surface area contributed by atoms with Crippen LogP contribution in [0.3, 0.4) is 0 Å². The molecule has 4 heteroatoms. The molecule has 0 aliphatic carbocycles. The van der Waals surface area contributed by atoms with Crippen LogP contribution < -0.4 is 5.32 Å². The van der Waals surface area contributed by atoms with Crippen LogP contribution in [0, 0.1) is 0 Å². The summed E-state index contributed by atoms with van der Waals surface area (Å²) in [5.74, 6) is 0.181. The monoisotopic (exact) mass is 269 g/mol. The Morgan fingerprint density at radius 2 is 1.83 bits per heavy atom. The summed E-state index contributed by atoms with van der Waals surface area (Å²) < 4.78 is 22.6. The van der Waals surface area contributed by atoms with Crippen molar-refractivity contribution < 1.29 is 8.42 Å². The molecule has 0 aromatic heterocycles. The molecule has 1 N–H and O–H groups in total. The number of sulfone groups is 1. The fourth-order valence-electron chi connectivity index (χ4n) is 2.17. The maximum atomic E-state index is 11.3. The zero-order valence-corrected chi connectivity index (χ0v) is 12.2. The predicted octanol–water partition coefficient (Wildman–Crippen LogP) is 2.55. The van der Waals surface area contributed by atoms with Crippen LogP contribution in [0.1, 0.15) is 38.3 Å². The van der Waals surface area contributed by atoms with E-state index in [0.29, 0.717) is 0 Å². The SMILES string of the molecule is CCCC(NC(C)CS(C)(=O)=O)c1ccccc1. The van der Waals surface area contributed by atoms with Crippen molar-refractivity contribution in [1.29, 1.82) is 0 Å². The first-order valence-corrected chi connectivity index (χ1v) is 8.47. The Bertz CT molecular complexity index is 442. The lowest BCUT2D eigenvalue weighted by atomic mass is 10.0. The van der Waals surface area contributed by atoms with Gasteiger partial charge in [-0.05, 0) is 18.9 Å². The molecule has 0 bridgehead atoms. The van der Waals surface area contributed by atoms with Gasteiger partial charge in [0.25, 0.3) is 0 Å². The highest BCUT2D eigenvalue weighted by Gasteiger charge is 2.16. The van der Waals surface area contributed by atoms with Crippen molar-refractivity contribution in [2.45, 2.75) is 38.8 Å². The van der Waals surface area contributed by atoms with Crippen LogP contribution in [0.5, 0.6) is 0 Å². The Labute approximate surface area is 111 Å². The van der Waals surface area contributed by atoms with Gasteiger partial charge in [0.05, 0.1) is 5.75 Å². The van der Waals surface area contributed by atoms with E-state index < -0.39 is 9.84 Å². The molecule has 3 nitrogen and oxygen atoms in total. The van der Waals surface area contributed by atoms with Crippen molar-refractivity contribution in [2.75, 3.05) is 12.0 Å². The molecule has 0 amide bonds. The number of benzene rings is 1. The van der Waals surface area contributed by atoms with E-state index in [-0.39, 0.29) is 17.8 Å². The Morgan fingerprint density at radius 3 is 2.33 bits per heavy atom. The van der Waals surface area contributed by atoms with E-state index in [9.17, 15) is 8.42 Å². The van der Waals surface area contributed by atoms with Crippen molar-refractivity contribution in [2.24, 2.45) is 0 Å². The molecule has 0 saturated carbocycles. The molecule has 18 heavy (non-hydrogen) atoms. The second-order valence-corrected chi connectivity index (χ2v) is 7.10. The minimum Gasteiger partial charge on any atom is -0.306 e. The third kappa shape index (κ3) is 5.65. The van der Waals surface area contributed by atoms with Crippen molar-refractivity contribution >= 4 is 9.84 Å².